The quantitative estimate of drug-likeness (QED) is 0.542. The minimum absolute atomic E-state index is 0.0779. The SMILES string of the molecule is C=C(C)C(=O)NCCCOCC(C)(C)C. The number of ether oxygens (including phenoxy) is 1. The summed E-state index contributed by atoms with van der Waals surface area (Å²) in [6, 6.07) is 0. The summed E-state index contributed by atoms with van der Waals surface area (Å²) in [5.74, 6) is -0.0779. The lowest BCUT2D eigenvalue weighted by atomic mass is 9.99. The van der Waals surface area contributed by atoms with Gasteiger partial charge in [0.2, 0.25) is 5.91 Å². The van der Waals surface area contributed by atoms with Gasteiger partial charge in [0, 0.05) is 18.7 Å². The zero-order valence-corrected chi connectivity index (χ0v) is 10.4. The van der Waals surface area contributed by atoms with E-state index in [1.807, 2.05) is 0 Å². The third-order valence-corrected chi connectivity index (χ3v) is 1.67. The van der Waals surface area contributed by atoms with Crippen molar-refractivity contribution in [3.8, 4) is 0 Å². The molecule has 0 aromatic carbocycles. The van der Waals surface area contributed by atoms with E-state index in [1.165, 1.54) is 0 Å². The van der Waals surface area contributed by atoms with Crippen molar-refractivity contribution in [3.05, 3.63) is 12.2 Å². The molecule has 0 fully saturated rings. The summed E-state index contributed by atoms with van der Waals surface area (Å²) in [6.45, 7) is 13.8. The Balaban J connectivity index is 3.33. The molecular weight excluding hydrogens is 190 g/mol. The summed E-state index contributed by atoms with van der Waals surface area (Å²) < 4.78 is 5.47. The van der Waals surface area contributed by atoms with Gasteiger partial charge in [-0.15, -0.1) is 0 Å². The fraction of sp³-hybridized carbons (Fsp3) is 0.750. The minimum Gasteiger partial charge on any atom is -0.381 e. The number of rotatable bonds is 6. The fourth-order valence-electron chi connectivity index (χ4n) is 0.905. The molecule has 0 bridgehead atoms. The van der Waals surface area contributed by atoms with Crippen LogP contribution in [0.15, 0.2) is 12.2 Å². The van der Waals surface area contributed by atoms with Crippen molar-refractivity contribution in [1.82, 2.24) is 5.32 Å². The van der Waals surface area contributed by atoms with Crippen LogP contribution in [-0.2, 0) is 9.53 Å². The predicted octanol–water partition coefficient (Wildman–Crippen LogP) is 2.13. The summed E-state index contributed by atoms with van der Waals surface area (Å²) in [5.41, 5.74) is 0.756. The van der Waals surface area contributed by atoms with Crippen LogP contribution in [0.3, 0.4) is 0 Å². The molecule has 0 aromatic rings. The van der Waals surface area contributed by atoms with Crippen LogP contribution in [-0.4, -0.2) is 25.7 Å². The van der Waals surface area contributed by atoms with E-state index in [-0.39, 0.29) is 11.3 Å². The number of hydrogen-bond donors (Lipinski definition) is 1. The average Bonchev–Trinajstić information content (AvgIpc) is 2.08. The van der Waals surface area contributed by atoms with Gasteiger partial charge in [0.25, 0.3) is 0 Å². The maximum Gasteiger partial charge on any atom is 0.246 e. The van der Waals surface area contributed by atoms with Gasteiger partial charge in [0.1, 0.15) is 0 Å². The van der Waals surface area contributed by atoms with Crippen LogP contribution in [0.25, 0.3) is 0 Å². The van der Waals surface area contributed by atoms with Gasteiger partial charge in [-0.05, 0) is 18.8 Å². The van der Waals surface area contributed by atoms with Crippen molar-refractivity contribution in [2.24, 2.45) is 5.41 Å². The summed E-state index contributed by atoms with van der Waals surface area (Å²) in [7, 11) is 0. The Morgan fingerprint density at radius 2 is 2.00 bits per heavy atom. The van der Waals surface area contributed by atoms with Crippen LogP contribution in [0, 0.1) is 5.41 Å². The van der Waals surface area contributed by atoms with Crippen LogP contribution in [0.2, 0.25) is 0 Å². The highest BCUT2D eigenvalue weighted by Crippen LogP contribution is 2.12. The molecule has 0 heterocycles. The molecule has 0 aliphatic heterocycles. The van der Waals surface area contributed by atoms with Gasteiger partial charge < -0.3 is 10.1 Å². The Morgan fingerprint density at radius 3 is 2.47 bits per heavy atom. The lowest BCUT2D eigenvalue weighted by Gasteiger charge is -2.17. The van der Waals surface area contributed by atoms with Gasteiger partial charge in [-0.1, -0.05) is 27.4 Å². The largest absolute Gasteiger partial charge is 0.381 e. The standard InChI is InChI=1S/C12H23NO2/c1-10(2)11(14)13-7-6-8-15-9-12(3,4)5/h1,6-9H2,2-5H3,(H,13,14). The Bertz CT molecular complexity index is 216. The van der Waals surface area contributed by atoms with Crippen molar-refractivity contribution < 1.29 is 9.53 Å². The third-order valence-electron chi connectivity index (χ3n) is 1.67. The summed E-state index contributed by atoms with van der Waals surface area (Å²) in [4.78, 5) is 11.1. The van der Waals surface area contributed by atoms with E-state index in [1.54, 1.807) is 6.92 Å². The van der Waals surface area contributed by atoms with Crippen LogP contribution < -0.4 is 5.32 Å². The lowest BCUT2D eigenvalue weighted by molar-refractivity contribution is -0.117. The normalized spacial score (nSPS) is 11.2. The Hall–Kier alpha value is -0.830. The molecule has 1 N–H and O–H groups in total. The molecule has 0 spiro atoms. The number of carbonyl (C=O) groups excluding carboxylic acids is 1. The second kappa shape index (κ2) is 6.62. The first-order chi connectivity index (χ1) is 6.83. The zero-order chi connectivity index (χ0) is 11.9. The maximum absolute atomic E-state index is 11.1. The van der Waals surface area contributed by atoms with Gasteiger partial charge in [-0.25, -0.2) is 0 Å². The monoisotopic (exact) mass is 213 g/mol. The Labute approximate surface area is 92.9 Å². The summed E-state index contributed by atoms with van der Waals surface area (Å²) in [6.07, 6.45) is 0.842. The third kappa shape index (κ3) is 9.47. The van der Waals surface area contributed by atoms with E-state index in [0.717, 1.165) is 13.0 Å². The molecule has 15 heavy (non-hydrogen) atoms. The topological polar surface area (TPSA) is 38.3 Å². The van der Waals surface area contributed by atoms with Crippen molar-refractivity contribution in [2.75, 3.05) is 19.8 Å². The van der Waals surface area contributed by atoms with E-state index in [0.29, 0.717) is 18.7 Å². The van der Waals surface area contributed by atoms with Crippen molar-refractivity contribution >= 4 is 5.91 Å². The first-order valence-electron chi connectivity index (χ1n) is 5.34. The Kier molecular flexibility index (Phi) is 6.25. The highest BCUT2D eigenvalue weighted by Gasteiger charge is 2.09. The van der Waals surface area contributed by atoms with Gasteiger partial charge in [-0.3, -0.25) is 4.79 Å². The maximum atomic E-state index is 11.1. The summed E-state index contributed by atoms with van der Waals surface area (Å²) >= 11 is 0. The number of nitrogens with one attached hydrogen (secondary N) is 1. The van der Waals surface area contributed by atoms with E-state index < -0.39 is 0 Å². The molecule has 0 aromatic heterocycles. The number of amides is 1. The molecule has 0 saturated heterocycles. The fourth-order valence-corrected chi connectivity index (χ4v) is 0.905. The predicted molar refractivity (Wildman–Crippen MR) is 62.7 cm³/mol. The zero-order valence-electron chi connectivity index (χ0n) is 10.4. The van der Waals surface area contributed by atoms with E-state index in [4.69, 9.17) is 4.74 Å². The summed E-state index contributed by atoms with van der Waals surface area (Å²) in [5, 5.41) is 2.76. The van der Waals surface area contributed by atoms with Crippen LogP contribution in [0.4, 0.5) is 0 Å². The second-order valence-corrected chi connectivity index (χ2v) is 5.00. The molecule has 1 amide bonds. The Morgan fingerprint density at radius 1 is 1.40 bits per heavy atom. The molecule has 0 rings (SSSR count). The molecule has 0 aliphatic rings. The highest BCUT2D eigenvalue weighted by atomic mass is 16.5. The molecule has 0 saturated carbocycles. The molecule has 88 valence electrons. The molecule has 3 nitrogen and oxygen atoms in total. The lowest BCUT2D eigenvalue weighted by Crippen LogP contribution is -2.26. The van der Waals surface area contributed by atoms with Gasteiger partial charge in [0.05, 0.1) is 6.61 Å². The van der Waals surface area contributed by atoms with Gasteiger partial charge >= 0.3 is 0 Å². The highest BCUT2D eigenvalue weighted by molar-refractivity contribution is 5.91. The van der Waals surface area contributed by atoms with Gasteiger partial charge in [-0.2, -0.15) is 0 Å². The van der Waals surface area contributed by atoms with Crippen LogP contribution >= 0.6 is 0 Å². The van der Waals surface area contributed by atoms with Gasteiger partial charge in [0.15, 0.2) is 0 Å². The first kappa shape index (κ1) is 14.2. The van der Waals surface area contributed by atoms with Crippen LogP contribution in [0.1, 0.15) is 34.1 Å². The second-order valence-electron chi connectivity index (χ2n) is 5.00. The van der Waals surface area contributed by atoms with Crippen molar-refractivity contribution in [3.63, 3.8) is 0 Å². The average molecular weight is 213 g/mol. The van der Waals surface area contributed by atoms with E-state index in [9.17, 15) is 4.79 Å². The minimum atomic E-state index is -0.0779. The van der Waals surface area contributed by atoms with Crippen LogP contribution in [0.5, 0.6) is 0 Å². The van der Waals surface area contributed by atoms with Crippen molar-refractivity contribution in [1.29, 1.82) is 0 Å². The first-order valence-corrected chi connectivity index (χ1v) is 5.34. The molecule has 0 unspecified atom stereocenters. The van der Waals surface area contributed by atoms with E-state index in [2.05, 4.69) is 32.7 Å². The molecule has 0 atom stereocenters. The molecule has 3 heteroatoms. The smallest absolute Gasteiger partial charge is 0.246 e. The molecule has 0 radical (unpaired) electrons. The van der Waals surface area contributed by atoms with Crippen molar-refractivity contribution in [2.45, 2.75) is 34.1 Å². The van der Waals surface area contributed by atoms with E-state index >= 15 is 0 Å². The molecular formula is C12H23NO2. The number of hydrogen-bond acceptors (Lipinski definition) is 2. The molecule has 0 aliphatic carbocycles. The number of carbonyl (C=O) groups is 1.